The van der Waals surface area contributed by atoms with E-state index in [-0.39, 0.29) is 0 Å². The lowest BCUT2D eigenvalue weighted by Crippen LogP contribution is -2.04. The summed E-state index contributed by atoms with van der Waals surface area (Å²) in [6.45, 7) is 2.60. The zero-order chi connectivity index (χ0) is 13.2. The third kappa shape index (κ3) is 2.59. The highest BCUT2D eigenvalue weighted by atomic mass is 32.1. The van der Waals surface area contributed by atoms with Crippen molar-refractivity contribution >= 4 is 17.3 Å². The number of aryl methyl sites for hydroxylation is 3. The molecular weight excluding hydrogens is 256 g/mol. The zero-order valence-electron chi connectivity index (χ0n) is 10.7. The minimum absolute atomic E-state index is 0.406. The molecule has 0 unspecified atom stereocenters. The third-order valence-electron chi connectivity index (χ3n) is 3.19. The largest absolute Gasteiger partial charge is 0.349 e. The average molecular weight is 270 g/mol. The molecule has 0 saturated heterocycles. The predicted molar refractivity (Wildman–Crippen MR) is 75.2 cm³/mol. The highest BCUT2D eigenvalue weighted by Gasteiger charge is 2.14. The maximum Gasteiger partial charge on any atom is 0.224 e. The Labute approximate surface area is 116 Å². The lowest BCUT2D eigenvalue weighted by molar-refractivity contribution is 0.913. The number of nitrogens with one attached hydrogen (secondary N) is 1. The Morgan fingerprint density at radius 3 is 3.05 bits per heavy atom. The number of rotatable bonds is 3. The number of hydrogen-bond donors (Lipinski definition) is 1. The minimum atomic E-state index is 0.406. The Morgan fingerprint density at radius 2 is 2.26 bits per heavy atom. The molecule has 1 aliphatic carbocycles. The van der Waals surface area contributed by atoms with Gasteiger partial charge in [-0.3, -0.25) is 0 Å². The summed E-state index contributed by atoms with van der Waals surface area (Å²) >= 11 is 1.87. The molecule has 1 N–H and O–H groups in total. The predicted octanol–water partition coefficient (Wildman–Crippen LogP) is 2.82. The van der Waals surface area contributed by atoms with Gasteiger partial charge in [0.25, 0.3) is 0 Å². The summed E-state index contributed by atoms with van der Waals surface area (Å²) in [7, 11) is 0. The highest BCUT2D eigenvalue weighted by molar-refractivity contribution is 7.12. The van der Waals surface area contributed by atoms with E-state index in [4.69, 9.17) is 5.26 Å². The van der Waals surface area contributed by atoms with Crippen LogP contribution >= 0.6 is 11.3 Å². The van der Waals surface area contributed by atoms with Gasteiger partial charge >= 0.3 is 0 Å². The molecule has 0 amide bonds. The Balaban J connectivity index is 1.72. The van der Waals surface area contributed by atoms with Crippen LogP contribution in [0.25, 0.3) is 0 Å². The van der Waals surface area contributed by atoms with Gasteiger partial charge in [-0.05, 0) is 43.9 Å². The molecule has 5 heteroatoms. The van der Waals surface area contributed by atoms with Crippen molar-refractivity contribution < 1.29 is 0 Å². The zero-order valence-corrected chi connectivity index (χ0v) is 11.5. The maximum absolute atomic E-state index is 8.88. The fraction of sp³-hybridized carbons (Fsp3) is 0.357. The van der Waals surface area contributed by atoms with Crippen LogP contribution in [0.1, 0.15) is 33.1 Å². The van der Waals surface area contributed by atoms with Crippen molar-refractivity contribution in [2.45, 2.75) is 32.7 Å². The highest BCUT2D eigenvalue weighted by Crippen LogP contribution is 2.30. The summed E-state index contributed by atoms with van der Waals surface area (Å²) in [6.07, 6.45) is 3.73. The number of fused-ring (bicyclic) bond motifs is 1. The maximum atomic E-state index is 8.88. The molecule has 0 aliphatic heterocycles. The third-order valence-corrected chi connectivity index (χ3v) is 4.42. The number of hydrogen-bond acceptors (Lipinski definition) is 5. The van der Waals surface area contributed by atoms with Crippen LogP contribution in [0.4, 0.5) is 5.95 Å². The Hall–Kier alpha value is -1.93. The van der Waals surface area contributed by atoms with Crippen molar-refractivity contribution in [3.05, 3.63) is 38.8 Å². The van der Waals surface area contributed by atoms with Gasteiger partial charge in [0, 0.05) is 15.4 Å². The first-order valence-electron chi connectivity index (χ1n) is 6.35. The second-order valence-electron chi connectivity index (χ2n) is 4.70. The Morgan fingerprint density at radius 1 is 1.37 bits per heavy atom. The molecule has 3 rings (SSSR count). The van der Waals surface area contributed by atoms with Gasteiger partial charge in [-0.25, -0.2) is 9.97 Å². The summed E-state index contributed by atoms with van der Waals surface area (Å²) in [5.41, 5.74) is 2.72. The van der Waals surface area contributed by atoms with Gasteiger partial charge in [0.15, 0.2) is 0 Å². The first-order valence-corrected chi connectivity index (χ1v) is 7.16. The van der Waals surface area contributed by atoms with Gasteiger partial charge in [-0.15, -0.1) is 11.3 Å². The van der Waals surface area contributed by atoms with Crippen LogP contribution in [0.5, 0.6) is 0 Å². The molecule has 0 radical (unpaired) electrons. The fourth-order valence-electron chi connectivity index (χ4n) is 2.35. The second kappa shape index (κ2) is 4.98. The number of nitriles is 1. The van der Waals surface area contributed by atoms with Crippen molar-refractivity contribution in [2.24, 2.45) is 0 Å². The molecule has 2 aromatic heterocycles. The second-order valence-corrected chi connectivity index (χ2v) is 5.92. The molecule has 0 atom stereocenters. The lowest BCUT2D eigenvalue weighted by atomic mass is 10.2. The molecule has 4 nitrogen and oxygen atoms in total. The Bertz CT molecular complexity index is 632. The van der Waals surface area contributed by atoms with Gasteiger partial charge < -0.3 is 5.32 Å². The topological polar surface area (TPSA) is 61.6 Å². The van der Waals surface area contributed by atoms with Gasteiger partial charge in [-0.1, -0.05) is 0 Å². The van der Waals surface area contributed by atoms with E-state index in [0.29, 0.717) is 11.6 Å². The van der Waals surface area contributed by atoms with E-state index >= 15 is 0 Å². The van der Waals surface area contributed by atoms with Crippen LogP contribution in [0, 0.1) is 18.3 Å². The van der Waals surface area contributed by atoms with Gasteiger partial charge in [0.1, 0.15) is 11.8 Å². The SMILES string of the molecule is Cc1cc(C#N)nc(NCc2cc3c(s2)CCC3)n1. The molecule has 0 bridgehead atoms. The first kappa shape index (κ1) is 12.1. The van der Waals surface area contributed by atoms with E-state index in [9.17, 15) is 0 Å². The number of thiophene rings is 1. The Kier molecular flexibility index (Phi) is 3.18. The molecule has 0 spiro atoms. The summed E-state index contributed by atoms with van der Waals surface area (Å²) in [6, 6.07) is 6.01. The van der Waals surface area contributed by atoms with E-state index in [1.54, 1.807) is 6.07 Å². The van der Waals surface area contributed by atoms with E-state index in [1.807, 2.05) is 24.3 Å². The first-order chi connectivity index (χ1) is 9.24. The molecule has 1 aliphatic rings. The quantitative estimate of drug-likeness (QED) is 0.931. The molecule has 0 fully saturated rings. The summed E-state index contributed by atoms with van der Waals surface area (Å²) < 4.78 is 0. The van der Waals surface area contributed by atoms with Gasteiger partial charge in [-0.2, -0.15) is 5.26 Å². The number of anilines is 1. The minimum Gasteiger partial charge on any atom is -0.349 e. The van der Waals surface area contributed by atoms with Crippen molar-refractivity contribution in [1.82, 2.24) is 9.97 Å². The average Bonchev–Trinajstić information content (AvgIpc) is 2.96. The lowest BCUT2D eigenvalue weighted by Gasteiger charge is -2.04. The molecule has 0 saturated carbocycles. The van der Waals surface area contributed by atoms with Crippen molar-refractivity contribution in [3.63, 3.8) is 0 Å². The van der Waals surface area contributed by atoms with Crippen LogP contribution in [0.2, 0.25) is 0 Å². The summed E-state index contributed by atoms with van der Waals surface area (Å²) in [5, 5.41) is 12.1. The van der Waals surface area contributed by atoms with Crippen LogP contribution < -0.4 is 5.32 Å². The van der Waals surface area contributed by atoms with Crippen molar-refractivity contribution in [1.29, 1.82) is 5.26 Å². The van der Waals surface area contributed by atoms with Crippen molar-refractivity contribution in [2.75, 3.05) is 5.32 Å². The molecule has 0 aromatic carbocycles. The fourth-order valence-corrected chi connectivity index (χ4v) is 3.55. The van der Waals surface area contributed by atoms with Crippen LogP contribution in [0.3, 0.4) is 0 Å². The van der Waals surface area contributed by atoms with E-state index in [0.717, 1.165) is 12.2 Å². The summed E-state index contributed by atoms with van der Waals surface area (Å²) in [5.74, 6) is 0.533. The summed E-state index contributed by atoms with van der Waals surface area (Å²) in [4.78, 5) is 11.3. The molecule has 96 valence electrons. The molecule has 2 heterocycles. The number of nitrogens with zero attached hydrogens (tertiary/aromatic N) is 3. The molecule has 2 aromatic rings. The standard InChI is InChI=1S/C14H14N4S/c1-9-5-11(7-15)18-14(17-9)16-8-12-6-10-3-2-4-13(10)19-12/h5-6H,2-4,8H2,1H3,(H,16,17,18). The van der Waals surface area contributed by atoms with Crippen LogP contribution in [0.15, 0.2) is 12.1 Å². The normalized spacial score (nSPS) is 13.1. The number of aromatic nitrogens is 2. The molecular formula is C14H14N4S. The van der Waals surface area contributed by atoms with E-state index < -0.39 is 0 Å². The van der Waals surface area contributed by atoms with Crippen molar-refractivity contribution in [3.8, 4) is 6.07 Å². The molecule has 19 heavy (non-hydrogen) atoms. The van der Waals surface area contributed by atoms with E-state index in [1.165, 1.54) is 34.6 Å². The van der Waals surface area contributed by atoms with Gasteiger partial charge in [0.05, 0.1) is 6.54 Å². The van der Waals surface area contributed by atoms with Gasteiger partial charge in [0.2, 0.25) is 5.95 Å². The van der Waals surface area contributed by atoms with Crippen LogP contribution in [-0.2, 0) is 19.4 Å². The monoisotopic (exact) mass is 270 g/mol. The smallest absolute Gasteiger partial charge is 0.224 e. The van der Waals surface area contributed by atoms with E-state index in [2.05, 4.69) is 21.4 Å². The van der Waals surface area contributed by atoms with Crippen LogP contribution in [-0.4, -0.2) is 9.97 Å².